The van der Waals surface area contributed by atoms with Gasteiger partial charge in [0.05, 0.1) is 0 Å². The molecule has 0 radical (unpaired) electrons. The normalized spacial score (nSPS) is 11.0. The van der Waals surface area contributed by atoms with E-state index in [0.29, 0.717) is 35.9 Å². The van der Waals surface area contributed by atoms with Gasteiger partial charge in [0.25, 0.3) is 0 Å². The number of pyridine rings is 1. The number of carboxylic acids is 1. The fraction of sp³-hybridized carbons (Fsp3) is 0.115. The van der Waals surface area contributed by atoms with Crippen molar-refractivity contribution in [3.8, 4) is 17.3 Å². The topological polar surface area (TPSA) is 103 Å². The quantitative estimate of drug-likeness (QED) is 0.394. The molecule has 168 valence electrons. The van der Waals surface area contributed by atoms with E-state index in [1.54, 1.807) is 18.3 Å². The predicted octanol–water partition coefficient (Wildman–Crippen LogP) is 4.29. The van der Waals surface area contributed by atoms with Crippen LogP contribution >= 0.6 is 0 Å². The molecule has 0 atom stereocenters. The van der Waals surface area contributed by atoms with Crippen molar-refractivity contribution in [1.82, 2.24) is 24.5 Å². The van der Waals surface area contributed by atoms with Gasteiger partial charge in [-0.1, -0.05) is 54.6 Å². The Hall–Kier alpha value is -4.59. The molecule has 0 unspecified atom stereocenters. The van der Waals surface area contributed by atoms with E-state index >= 15 is 0 Å². The first-order chi connectivity index (χ1) is 16.6. The lowest BCUT2D eigenvalue weighted by Gasteiger charge is -2.07. The maximum Gasteiger partial charge on any atom is 0.354 e. The Bertz CT molecular complexity index is 1460. The van der Waals surface area contributed by atoms with Crippen molar-refractivity contribution < 1.29 is 14.6 Å². The zero-order valence-corrected chi connectivity index (χ0v) is 18.4. The number of aryl methyl sites for hydroxylation is 1. The number of nitrogens with zero attached hydrogens (tertiary/aromatic N) is 5. The van der Waals surface area contributed by atoms with Gasteiger partial charge < -0.3 is 14.4 Å². The minimum Gasteiger partial charge on any atom is -0.477 e. The smallest absolute Gasteiger partial charge is 0.354 e. The summed E-state index contributed by atoms with van der Waals surface area (Å²) in [5.74, 6) is 0.846. The monoisotopic (exact) mass is 451 g/mol. The van der Waals surface area contributed by atoms with Crippen LogP contribution in [0.15, 0.2) is 79.0 Å². The standard InChI is InChI=1S/C26H21N5O3/c1-31-22(28-20-11-12-21(26(32)33)29-25(20)31)15-17-7-9-19(10-8-17)24-27-14-13-23(30-24)34-16-18-5-3-2-4-6-18/h2-14H,15-16H2,1H3,(H,32,33). The van der Waals surface area contributed by atoms with Crippen molar-refractivity contribution in [2.75, 3.05) is 0 Å². The number of ether oxygens (including phenoxy) is 1. The molecule has 34 heavy (non-hydrogen) atoms. The molecule has 5 aromatic rings. The van der Waals surface area contributed by atoms with Crippen LogP contribution in [0.3, 0.4) is 0 Å². The maximum atomic E-state index is 11.2. The average Bonchev–Trinajstić information content (AvgIpc) is 3.18. The zero-order valence-electron chi connectivity index (χ0n) is 18.4. The fourth-order valence-corrected chi connectivity index (χ4v) is 3.64. The Balaban J connectivity index is 1.31. The second-order valence-electron chi connectivity index (χ2n) is 7.80. The molecule has 0 amide bonds. The molecule has 0 saturated heterocycles. The molecule has 0 aliphatic heterocycles. The molecule has 8 heteroatoms. The van der Waals surface area contributed by atoms with E-state index in [-0.39, 0.29) is 5.69 Å². The molecule has 0 saturated carbocycles. The largest absolute Gasteiger partial charge is 0.477 e. The molecule has 2 aromatic carbocycles. The van der Waals surface area contributed by atoms with Crippen molar-refractivity contribution in [2.24, 2.45) is 7.05 Å². The van der Waals surface area contributed by atoms with Crippen LogP contribution in [-0.2, 0) is 20.1 Å². The summed E-state index contributed by atoms with van der Waals surface area (Å²) in [6, 6.07) is 22.8. The third-order valence-electron chi connectivity index (χ3n) is 5.46. The maximum absolute atomic E-state index is 11.2. The third-order valence-corrected chi connectivity index (χ3v) is 5.46. The van der Waals surface area contributed by atoms with Gasteiger partial charge in [-0.3, -0.25) is 0 Å². The van der Waals surface area contributed by atoms with Crippen LogP contribution in [0.2, 0.25) is 0 Å². The molecule has 0 aliphatic carbocycles. The summed E-state index contributed by atoms with van der Waals surface area (Å²) in [6.45, 7) is 0.442. The van der Waals surface area contributed by atoms with Crippen molar-refractivity contribution in [3.05, 3.63) is 102 Å². The Labute approximate surface area is 195 Å². The highest BCUT2D eigenvalue weighted by Gasteiger charge is 2.13. The summed E-state index contributed by atoms with van der Waals surface area (Å²) in [6.07, 6.45) is 2.27. The molecule has 0 aliphatic rings. The van der Waals surface area contributed by atoms with Gasteiger partial charge in [0.15, 0.2) is 17.2 Å². The Morgan fingerprint density at radius 2 is 1.71 bits per heavy atom. The number of hydrogen-bond donors (Lipinski definition) is 1. The molecule has 3 aromatic heterocycles. The van der Waals surface area contributed by atoms with E-state index < -0.39 is 5.97 Å². The summed E-state index contributed by atoms with van der Waals surface area (Å²) in [5.41, 5.74) is 4.22. The number of hydrogen-bond acceptors (Lipinski definition) is 6. The first kappa shape index (κ1) is 21.3. The van der Waals surface area contributed by atoms with E-state index in [2.05, 4.69) is 19.9 Å². The highest BCUT2D eigenvalue weighted by Crippen LogP contribution is 2.21. The van der Waals surface area contributed by atoms with Crippen molar-refractivity contribution >= 4 is 17.1 Å². The van der Waals surface area contributed by atoms with Gasteiger partial charge in [0.1, 0.15) is 17.9 Å². The second kappa shape index (κ2) is 9.11. The summed E-state index contributed by atoms with van der Waals surface area (Å²) in [5, 5.41) is 9.19. The van der Waals surface area contributed by atoms with Crippen molar-refractivity contribution in [2.45, 2.75) is 13.0 Å². The summed E-state index contributed by atoms with van der Waals surface area (Å²) >= 11 is 0. The lowest BCUT2D eigenvalue weighted by molar-refractivity contribution is 0.0691. The van der Waals surface area contributed by atoms with Gasteiger partial charge in [-0.25, -0.2) is 19.7 Å². The van der Waals surface area contributed by atoms with Crippen LogP contribution in [0, 0.1) is 0 Å². The Morgan fingerprint density at radius 1 is 0.912 bits per heavy atom. The zero-order chi connectivity index (χ0) is 23.5. The minimum atomic E-state index is -1.06. The number of carboxylic acid groups (broad SMARTS) is 1. The lowest BCUT2D eigenvalue weighted by Crippen LogP contribution is -2.03. The number of rotatable bonds is 7. The molecule has 8 nitrogen and oxygen atoms in total. The fourth-order valence-electron chi connectivity index (χ4n) is 3.64. The molecule has 0 fully saturated rings. The summed E-state index contributed by atoms with van der Waals surface area (Å²) in [7, 11) is 1.84. The molecular formula is C26H21N5O3. The van der Waals surface area contributed by atoms with E-state index in [1.165, 1.54) is 6.07 Å². The number of carbonyl (C=O) groups is 1. The van der Waals surface area contributed by atoms with Gasteiger partial charge in [-0.15, -0.1) is 0 Å². The lowest BCUT2D eigenvalue weighted by atomic mass is 10.1. The first-order valence-electron chi connectivity index (χ1n) is 10.7. The van der Waals surface area contributed by atoms with Crippen LogP contribution < -0.4 is 4.74 Å². The van der Waals surface area contributed by atoms with Crippen LogP contribution in [0.1, 0.15) is 27.4 Å². The van der Waals surface area contributed by atoms with Crippen LogP contribution in [0.25, 0.3) is 22.6 Å². The predicted molar refractivity (Wildman–Crippen MR) is 127 cm³/mol. The summed E-state index contributed by atoms with van der Waals surface area (Å²) < 4.78 is 7.64. The minimum absolute atomic E-state index is 0.00128. The molecular weight excluding hydrogens is 430 g/mol. The SMILES string of the molecule is Cn1c(Cc2ccc(-c3nccc(OCc4ccccc4)n3)cc2)nc2ccc(C(=O)O)nc21. The second-order valence-corrected chi connectivity index (χ2v) is 7.80. The van der Waals surface area contributed by atoms with E-state index in [1.807, 2.05) is 66.2 Å². The van der Waals surface area contributed by atoms with E-state index in [4.69, 9.17) is 4.74 Å². The van der Waals surface area contributed by atoms with Crippen LogP contribution in [0.5, 0.6) is 5.88 Å². The number of fused-ring (bicyclic) bond motifs is 1. The Morgan fingerprint density at radius 3 is 2.47 bits per heavy atom. The summed E-state index contributed by atoms with van der Waals surface area (Å²) in [4.78, 5) is 28.9. The van der Waals surface area contributed by atoms with E-state index in [9.17, 15) is 9.90 Å². The van der Waals surface area contributed by atoms with Crippen LogP contribution in [-0.4, -0.2) is 35.6 Å². The number of imidazole rings is 1. The molecule has 0 bridgehead atoms. The molecule has 5 rings (SSSR count). The average molecular weight is 451 g/mol. The number of aromatic nitrogens is 5. The van der Waals surface area contributed by atoms with Crippen molar-refractivity contribution in [1.29, 1.82) is 0 Å². The molecule has 3 heterocycles. The Kier molecular flexibility index (Phi) is 5.70. The van der Waals surface area contributed by atoms with Gasteiger partial charge in [-0.2, -0.15) is 4.98 Å². The van der Waals surface area contributed by atoms with Crippen molar-refractivity contribution in [3.63, 3.8) is 0 Å². The van der Waals surface area contributed by atoms with Gasteiger partial charge in [0.2, 0.25) is 5.88 Å². The third kappa shape index (κ3) is 4.47. The molecule has 1 N–H and O–H groups in total. The number of aromatic carboxylic acids is 1. The van der Waals surface area contributed by atoms with E-state index in [0.717, 1.165) is 22.5 Å². The van der Waals surface area contributed by atoms with Crippen LogP contribution in [0.4, 0.5) is 0 Å². The molecule has 0 spiro atoms. The van der Waals surface area contributed by atoms with Gasteiger partial charge >= 0.3 is 5.97 Å². The highest BCUT2D eigenvalue weighted by molar-refractivity contribution is 5.88. The highest BCUT2D eigenvalue weighted by atomic mass is 16.5. The van der Waals surface area contributed by atoms with Gasteiger partial charge in [0, 0.05) is 31.3 Å². The first-order valence-corrected chi connectivity index (χ1v) is 10.7. The van der Waals surface area contributed by atoms with Gasteiger partial charge in [-0.05, 0) is 23.3 Å². The number of benzene rings is 2.